The van der Waals surface area contributed by atoms with Gasteiger partial charge in [-0.3, -0.25) is 14.7 Å². The molecule has 5 aliphatic rings. The normalized spacial score (nSPS) is 25.0. The highest BCUT2D eigenvalue weighted by atomic mass is 35.5. The van der Waals surface area contributed by atoms with Gasteiger partial charge in [-0.15, -0.1) is 0 Å². The number of benzene rings is 2. The summed E-state index contributed by atoms with van der Waals surface area (Å²) in [5.41, 5.74) is 2.29. The van der Waals surface area contributed by atoms with Crippen molar-refractivity contribution in [3.05, 3.63) is 47.4 Å². The predicted molar refractivity (Wildman–Crippen MR) is 180 cm³/mol. The number of aromatic nitrogens is 2. The third-order valence-corrected chi connectivity index (χ3v) is 11.7. The number of rotatable bonds is 4. The molecule has 3 atom stereocenters. The number of carbonyl (C=O) groups excluding carboxylic acids is 1. The Hall–Kier alpha value is -3.73. The number of phenols is 1. The summed E-state index contributed by atoms with van der Waals surface area (Å²) >= 11 is 6.65. The van der Waals surface area contributed by atoms with Crippen LogP contribution < -0.4 is 20.0 Å². The zero-order valence-corrected chi connectivity index (χ0v) is 26.8. The van der Waals surface area contributed by atoms with Crippen LogP contribution in [-0.2, 0) is 4.79 Å². The first kappa shape index (κ1) is 28.5. The SMILES string of the molecule is CN(CC12CCCN1CCC2)c1nc2c(F)c(-c3cc(O)cc4cccc(Cl)c34)ncc2c2c1N(C)C(=O)C1C3CCC(CN21)N3. The van der Waals surface area contributed by atoms with E-state index in [9.17, 15) is 9.90 Å². The van der Waals surface area contributed by atoms with Crippen LogP contribution in [-0.4, -0.2) is 89.8 Å². The lowest BCUT2D eigenvalue weighted by molar-refractivity contribution is -0.120. The van der Waals surface area contributed by atoms with E-state index in [1.807, 2.05) is 20.2 Å². The number of piperazine rings is 1. The van der Waals surface area contributed by atoms with Crippen molar-refractivity contribution in [1.29, 1.82) is 0 Å². The molecule has 11 heteroatoms. The molecule has 3 unspecified atom stereocenters. The highest BCUT2D eigenvalue weighted by molar-refractivity contribution is 6.36. The maximum atomic E-state index is 17.2. The number of aromatic hydroxyl groups is 1. The van der Waals surface area contributed by atoms with Crippen LogP contribution in [0, 0.1) is 5.82 Å². The van der Waals surface area contributed by atoms with Crippen molar-refractivity contribution in [3.8, 4) is 17.0 Å². The minimum absolute atomic E-state index is 0.00101. The lowest BCUT2D eigenvalue weighted by Gasteiger charge is -2.48. The van der Waals surface area contributed by atoms with E-state index >= 15 is 4.39 Å². The summed E-state index contributed by atoms with van der Waals surface area (Å²) in [5, 5.41) is 16.6. The monoisotopic (exact) mass is 641 g/mol. The molecule has 9 rings (SSSR count). The number of nitrogens with zero attached hydrogens (tertiary/aromatic N) is 6. The lowest BCUT2D eigenvalue weighted by atomic mass is 9.93. The fraction of sp³-hybridized carbons (Fsp3) is 0.457. The first-order valence-electron chi connectivity index (χ1n) is 16.4. The third kappa shape index (κ3) is 3.96. The summed E-state index contributed by atoms with van der Waals surface area (Å²) in [6.45, 7) is 3.61. The fourth-order valence-electron chi connectivity index (χ4n) is 9.41. The van der Waals surface area contributed by atoms with Gasteiger partial charge in [0.1, 0.15) is 28.7 Å². The molecule has 9 nitrogen and oxygen atoms in total. The summed E-state index contributed by atoms with van der Waals surface area (Å²) in [4.78, 5) is 32.6. The number of hydrogen-bond donors (Lipinski definition) is 2. The van der Waals surface area contributed by atoms with Gasteiger partial charge in [0.15, 0.2) is 11.6 Å². The Morgan fingerprint density at radius 2 is 1.98 bits per heavy atom. The van der Waals surface area contributed by atoms with Crippen molar-refractivity contribution in [1.82, 2.24) is 20.2 Å². The second kappa shape index (κ2) is 10.1. The molecule has 0 spiro atoms. The maximum Gasteiger partial charge on any atom is 0.251 e. The molecule has 0 saturated carbocycles. The van der Waals surface area contributed by atoms with E-state index in [2.05, 4.69) is 20.0 Å². The van der Waals surface area contributed by atoms with Gasteiger partial charge in [0.05, 0.1) is 5.69 Å². The van der Waals surface area contributed by atoms with Gasteiger partial charge in [0.25, 0.3) is 5.91 Å². The number of pyridine rings is 2. The summed E-state index contributed by atoms with van der Waals surface area (Å²) in [6.07, 6.45) is 8.21. The zero-order valence-electron chi connectivity index (χ0n) is 26.1. The molecule has 4 aromatic rings. The Balaban J connectivity index is 1.29. The van der Waals surface area contributed by atoms with Crippen LogP contribution in [0.4, 0.5) is 21.6 Å². The second-order valence-electron chi connectivity index (χ2n) is 14.0. The van der Waals surface area contributed by atoms with Crippen LogP contribution in [0.1, 0.15) is 38.5 Å². The van der Waals surface area contributed by atoms with Crippen molar-refractivity contribution in [3.63, 3.8) is 0 Å². The number of fused-ring (bicyclic) bond motifs is 10. The average molecular weight is 642 g/mol. The van der Waals surface area contributed by atoms with Gasteiger partial charge in [0, 0.05) is 72.4 Å². The largest absolute Gasteiger partial charge is 0.508 e. The quantitative estimate of drug-likeness (QED) is 0.311. The van der Waals surface area contributed by atoms with Gasteiger partial charge < -0.3 is 25.1 Å². The van der Waals surface area contributed by atoms with E-state index < -0.39 is 5.82 Å². The molecule has 2 bridgehead atoms. The first-order chi connectivity index (χ1) is 22.2. The predicted octanol–water partition coefficient (Wildman–Crippen LogP) is 5.30. The van der Waals surface area contributed by atoms with Gasteiger partial charge in [-0.2, -0.15) is 0 Å². The van der Waals surface area contributed by atoms with Crippen LogP contribution in [0.15, 0.2) is 36.5 Å². The fourth-order valence-corrected chi connectivity index (χ4v) is 9.70. The number of likely N-dealkylation sites (N-methyl/N-ethyl adjacent to an activating group) is 2. The number of hydrogen-bond acceptors (Lipinski definition) is 8. The van der Waals surface area contributed by atoms with Gasteiger partial charge in [-0.05, 0) is 75.2 Å². The van der Waals surface area contributed by atoms with Crippen molar-refractivity contribution >= 4 is 56.4 Å². The molecular formula is C35H37ClFN7O2. The van der Waals surface area contributed by atoms with Crippen LogP contribution in [0.3, 0.4) is 0 Å². The Kier molecular flexibility index (Phi) is 6.28. The molecule has 5 aliphatic heterocycles. The molecule has 0 aliphatic carbocycles. The van der Waals surface area contributed by atoms with Crippen molar-refractivity contribution < 1.29 is 14.3 Å². The number of halogens is 2. The van der Waals surface area contributed by atoms with Crippen LogP contribution in [0.25, 0.3) is 32.9 Å². The first-order valence-corrected chi connectivity index (χ1v) is 16.8. The molecule has 7 heterocycles. The lowest BCUT2D eigenvalue weighted by Crippen LogP contribution is -2.66. The zero-order chi connectivity index (χ0) is 31.5. The second-order valence-corrected chi connectivity index (χ2v) is 14.4. The Labute approximate surface area is 271 Å². The Morgan fingerprint density at radius 3 is 2.78 bits per heavy atom. The van der Waals surface area contributed by atoms with E-state index in [-0.39, 0.29) is 46.5 Å². The van der Waals surface area contributed by atoms with Crippen molar-refractivity contribution in [2.24, 2.45) is 0 Å². The van der Waals surface area contributed by atoms with Gasteiger partial charge in [-0.1, -0.05) is 23.7 Å². The molecule has 4 saturated heterocycles. The molecule has 2 aromatic carbocycles. The third-order valence-electron chi connectivity index (χ3n) is 11.4. The standard InChI is InChI=1S/C35H37ClFN7O2/c1-41(18-35-10-4-12-43(35)13-5-11-35)33-32-30(44-17-20-8-9-25(39-20)31(44)34(46)42(32)2)23-16-38-28(27(37)29(23)40-33)22-15-21(45)14-19-6-3-7-24(36)26(19)22/h3,6-7,14-16,20,25,31,39,45H,4-5,8-13,17-18H2,1-2H3. The highest BCUT2D eigenvalue weighted by Gasteiger charge is 2.51. The molecule has 238 valence electrons. The van der Waals surface area contributed by atoms with Crippen molar-refractivity contribution in [2.45, 2.75) is 62.2 Å². The molecule has 46 heavy (non-hydrogen) atoms. The smallest absolute Gasteiger partial charge is 0.251 e. The average Bonchev–Trinajstić information content (AvgIpc) is 3.73. The number of amides is 1. The minimum Gasteiger partial charge on any atom is -0.508 e. The van der Waals surface area contributed by atoms with Gasteiger partial charge in [0.2, 0.25) is 0 Å². The molecule has 2 N–H and O–H groups in total. The Bertz CT molecular complexity index is 1940. The molecular weight excluding hydrogens is 605 g/mol. The number of anilines is 3. The molecule has 0 radical (unpaired) electrons. The number of phenolic OH excluding ortho intramolecular Hbond substituents is 1. The number of nitrogens with one attached hydrogen (secondary N) is 1. The Morgan fingerprint density at radius 1 is 1.17 bits per heavy atom. The van der Waals surface area contributed by atoms with Crippen molar-refractivity contribution in [2.75, 3.05) is 55.0 Å². The van der Waals surface area contributed by atoms with Crippen LogP contribution in [0.2, 0.25) is 5.02 Å². The van der Waals surface area contributed by atoms with E-state index in [4.69, 9.17) is 21.6 Å². The number of carbonyl (C=O) groups is 1. The van der Waals surface area contributed by atoms with E-state index in [1.165, 1.54) is 18.9 Å². The van der Waals surface area contributed by atoms with Crippen LogP contribution in [0.5, 0.6) is 5.75 Å². The topological polar surface area (TPSA) is 88.1 Å². The van der Waals surface area contributed by atoms with E-state index in [0.717, 1.165) is 56.7 Å². The van der Waals surface area contributed by atoms with Crippen LogP contribution >= 0.6 is 11.6 Å². The maximum absolute atomic E-state index is 17.2. The highest BCUT2D eigenvalue weighted by Crippen LogP contribution is 2.50. The van der Waals surface area contributed by atoms with E-state index in [1.54, 1.807) is 29.3 Å². The molecule has 2 aromatic heterocycles. The summed E-state index contributed by atoms with van der Waals surface area (Å²) in [5.74, 6) is 0.0675. The van der Waals surface area contributed by atoms with Gasteiger partial charge >= 0.3 is 0 Å². The molecule has 1 amide bonds. The molecule has 4 fully saturated rings. The summed E-state index contributed by atoms with van der Waals surface area (Å²) < 4.78 is 17.2. The summed E-state index contributed by atoms with van der Waals surface area (Å²) in [7, 11) is 3.87. The van der Waals surface area contributed by atoms with E-state index in [0.29, 0.717) is 39.1 Å². The summed E-state index contributed by atoms with van der Waals surface area (Å²) in [6, 6.07) is 8.45. The minimum atomic E-state index is -0.572. The van der Waals surface area contributed by atoms with Gasteiger partial charge in [-0.25, -0.2) is 9.37 Å².